The minimum atomic E-state index is -3.93. The highest BCUT2D eigenvalue weighted by molar-refractivity contribution is 7.93. The van der Waals surface area contributed by atoms with E-state index in [1.54, 1.807) is 20.8 Å². The van der Waals surface area contributed by atoms with Crippen molar-refractivity contribution in [3.05, 3.63) is 81.5 Å². The number of aryl methyl sites for hydroxylation is 2. The number of nitrogens with zero attached hydrogens (tertiary/aromatic N) is 2. The number of benzene rings is 2. The molecule has 2 aliphatic rings. The molecule has 1 aromatic heterocycles. The van der Waals surface area contributed by atoms with Gasteiger partial charge in [-0.2, -0.15) is 0 Å². The lowest BCUT2D eigenvalue weighted by Gasteiger charge is -2.31. The molecule has 1 unspecified atom stereocenters. The van der Waals surface area contributed by atoms with Crippen molar-refractivity contribution in [3.8, 4) is 5.75 Å². The number of aromatic nitrogens is 1. The maximum Gasteiger partial charge on any atom is 0.408 e. The Balaban J connectivity index is 1.18. The number of esters is 1. The van der Waals surface area contributed by atoms with Crippen LogP contribution in [0.1, 0.15) is 99.4 Å². The first-order chi connectivity index (χ1) is 25.4. The molecule has 2 N–H and O–H groups in total. The summed E-state index contributed by atoms with van der Waals surface area (Å²) < 4.78 is 47.4. The number of alkyl carbamates (subject to hydrolysis) is 1. The van der Waals surface area contributed by atoms with E-state index in [0.717, 1.165) is 45.7 Å². The van der Waals surface area contributed by atoms with E-state index in [1.807, 2.05) is 77.1 Å². The molecule has 0 saturated heterocycles. The molecule has 2 aliphatic heterocycles. The van der Waals surface area contributed by atoms with Crippen molar-refractivity contribution < 1.29 is 37.0 Å². The maximum atomic E-state index is 14.5. The van der Waals surface area contributed by atoms with Crippen LogP contribution >= 0.6 is 0 Å². The number of nitrogens with one attached hydrogen (secondary N) is 2. The molecule has 0 fully saturated rings. The number of fused-ring (bicyclic) bond motifs is 2. The largest absolute Gasteiger partial charge is 0.487 e. The molecule has 13 heteroatoms. The molecule has 0 saturated carbocycles. The fourth-order valence-electron chi connectivity index (χ4n) is 6.93. The number of anilines is 1. The summed E-state index contributed by atoms with van der Waals surface area (Å²) in [6.45, 7) is 15.0. The van der Waals surface area contributed by atoms with Gasteiger partial charge >= 0.3 is 12.1 Å². The molecular weight excluding hydrogens is 709 g/mol. The number of carbonyl (C=O) groups excluding carboxylic acids is 3. The minimum Gasteiger partial charge on any atom is -0.487 e. The molecule has 292 valence electrons. The van der Waals surface area contributed by atoms with E-state index in [-0.39, 0.29) is 25.5 Å². The van der Waals surface area contributed by atoms with Crippen molar-refractivity contribution >= 4 is 33.8 Å². The van der Waals surface area contributed by atoms with E-state index >= 15 is 0 Å². The van der Waals surface area contributed by atoms with Gasteiger partial charge in [-0.3, -0.25) is 4.79 Å². The van der Waals surface area contributed by atoms with Crippen LogP contribution in [0.25, 0.3) is 0 Å². The Hall–Kier alpha value is -4.65. The van der Waals surface area contributed by atoms with Gasteiger partial charge in [-0.15, -0.1) is 0 Å². The first kappa shape index (κ1) is 40.5. The van der Waals surface area contributed by atoms with Crippen LogP contribution in [0, 0.1) is 20.8 Å². The number of ether oxygens (including phenoxy) is 3. The number of rotatable bonds is 13. The summed E-state index contributed by atoms with van der Waals surface area (Å²) >= 11 is 0. The van der Waals surface area contributed by atoms with Crippen LogP contribution in [0.3, 0.4) is 0 Å². The Morgan fingerprint density at radius 2 is 1.72 bits per heavy atom. The lowest BCUT2D eigenvalue weighted by molar-refractivity contribution is -0.157. The molecule has 12 nitrogen and oxygen atoms in total. The van der Waals surface area contributed by atoms with E-state index in [0.29, 0.717) is 54.9 Å². The standard InChI is InChI=1S/C41H54N4O8S/c1-26-27(2)36(28(3)32-23-41(7,8)52-35(26)32)54(49,50)45-22-14-17-30-20-21-31(43-37(30)45)18-12-13-19-34(46)42-24-33(38(47)53-40(4,5)6)44-39(48)51-25-29-15-10-9-11-16-29/h9-11,15-16,20-21,33H,12-14,17-19,22-25H2,1-8H3,(H,42,46)(H,44,48). The van der Waals surface area contributed by atoms with Crippen molar-refractivity contribution in [2.24, 2.45) is 0 Å². The fraction of sp³-hybridized carbons (Fsp3) is 0.512. The Kier molecular flexibility index (Phi) is 12.3. The fourth-order valence-corrected chi connectivity index (χ4v) is 8.96. The summed E-state index contributed by atoms with van der Waals surface area (Å²) in [6.07, 6.45) is 3.15. The monoisotopic (exact) mass is 762 g/mol. The van der Waals surface area contributed by atoms with Gasteiger partial charge in [0, 0.05) is 37.2 Å². The zero-order valence-corrected chi connectivity index (χ0v) is 33.6. The molecular formula is C41H54N4O8S. The van der Waals surface area contributed by atoms with Gasteiger partial charge in [-0.05, 0) is 121 Å². The average Bonchev–Trinajstić information content (AvgIpc) is 3.45. The molecule has 0 bridgehead atoms. The van der Waals surface area contributed by atoms with Crippen LogP contribution < -0.4 is 19.7 Å². The summed E-state index contributed by atoms with van der Waals surface area (Å²) in [5.41, 5.74) is 4.45. The summed E-state index contributed by atoms with van der Waals surface area (Å²) in [7, 11) is -3.93. The van der Waals surface area contributed by atoms with Gasteiger partial charge < -0.3 is 24.8 Å². The topological polar surface area (TPSA) is 153 Å². The zero-order valence-electron chi connectivity index (χ0n) is 32.8. The van der Waals surface area contributed by atoms with Gasteiger partial charge in [-0.1, -0.05) is 36.4 Å². The number of hydrogen-bond acceptors (Lipinski definition) is 9. The highest BCUT2D eigenvalue weighted by Gasteiger charge is 2.39. The molecule has 54 heavy (non-hydrogen) atoms. The third-order valence-corrected chi connectivity index (χ3v) is 11.7. The van der Waals surface area contributed by atoms with Gasteiger partial charge in [0.25, 0.3) is 10.0 Å². The molecule has 5 rings (SSSR count). The minimum absolute atomic E-state index is 0.0229. The molecule has 3 aromatic rings. The second-order valence-corrected chi connectivity index (χ2v) is 17.6. The van der Waals surface area contributed by atoms with Crippen LogP contribution in [0.2, 0.25) is 0 Å². The maximum absolute atomic E-state index is 14.5. The normalized spacial score (nSPS) is 15.4. The summed E-state index contributed by atoms with van der Waals surface area (Å²) in [5, 5.41) is 5.25. The van der Waals surface area contributed by atoms with Crippen molar-refractivity contribution in [1.29, 1.82) is 0 Å². The third kappa shape index (κ3) is 9.71. The second-order valence-electron chi connectivity index (χ2n) is 15.8. The Labute approximate surface area is 319 Å². The zero-order chi connectivity index (χ0) is 39.4. The Morgan fingerprint density at radius 3 is 2.43 bits per heavy atom. The van der Waals surface area contributed by atoms with E-state index in [9.17, 15) is 22.8 Å². The molecule has 3 heterocycles. The number of carbonyl (C=O) groups is 3. The van der Waals surface area contributed by atoms with Crippen LogP contribution in [-0.2, 0) is 55.0 Å². The molecule has 2 amide bonds. The predicted molar refractivity (Wildman–Crippen MR) is 206 cm³/mol. The summed E-state index contributed by atoms with van der Waals surface area (Å²) in [4.78, 5) is 43.4. The van der Waals surface area contributed by atoms with Crippen molar-refractivity contribution in [2.75, 3.05) is 17.4 Å². The SMILES string of the molecule is Cc1c(C)c(S(=O)(=O)N2CCCc3ccc(CCCCC(=O)NCC(NC(=O)OCc4ccccc4)C(=O)OC(C)(C)C)nc32)c(C)c2c1OC(C)(C)C2. The van der Waals surface area contributed by atoms with Crippen LogP contribution in [0.4, 0.5) is 10.6 Å². The number of pyridine rings is 1. The van der Waals surface area contributed by atoms with E-state index in [4.69, 9.17) is 19.2 Å². The van der Waals surface area contributed by atoms with Gasteiger partial charge in [0.2, 0.25) is 5.91 Å². The third-order valence-electron chi connectivity index (χ3n) is 9.68. The number of unbranched alkanes of at least 4 members (excludes halogenated alkanes) is 1. The van der Waals surface area contributed by atoms with Crippen molar-refractivity contribution in [3.63, 3.8) is 0 Å². The lowest BCUT2D eigenvalue weighted by Crippen LogP contribution is -2.50. The van der Waals surface area contributed by atoms with Crippen molar-refractivity contribution in [2.45, 2.75) is 129 Å². The molecule has 2 aromatic carbocycles. The van der Waals surface area contributed by atoms with Crippen LogP contribution in [-0.4, -0.2) is 61.7 Å². The van der Waals surface area contributed by atoms with Gasteiger partial charge in [0.1, 0.15) is 35.4 Å². The lowest BCUT2D eigenvalue weighted by atomic mass is 9.94. The number of amides is 2. The quantitative estimate of drug-likeness (QED) is 0.150. The van der Waals surface area contributed by atoms with E-state index < -0.39 is 39.3 Å². The van der Waals surface area contributed by atoms with E-state index in [1.165, 1.54) is 4.31 Å². The van der Waals surface area contributed by atoms with Gasteiger partial charge in [0.15, 0.2) is 0 Å². The summed E-state index contributed by atoms with van der Waals surface area (Å²) in [5.74, 6) is 0.278. The Bertz CT molecular complexity index is 1990. The number of sulfonamides is 1. The predicted octanol–water partition coefficient (Wildman–Crippen LogP) is 6.33. The van der Waals surface area contributed by atoms with Gasteiger partial charge in [0.05, 0.1) is 4.90 Å². The smallest absolute Gasteiger partial charge is 0.408 e. The number of hydrogen-bond donors (Lipinski definition) is 2. The van der Waals surface area contributed by atoms with Crippen LogP contribution in [0.15, 0.2) is 47.4 Å². The van der Waals surface area contributed by atoms with E-state index in [2.05, 4.69) is 10.6 Å². The van der Waals surface area contributed by atoms with Crippen LogP contribution in [0.5, 0.6) is 5.75 Å². The highest BCUT2D eigenvalue weighted by Crippen LogP contribution is 2.45. The molecule has 0 radical (unpaired) electrons. The van der Waals surface area contributed by atoms with Gasteiger partial charge in [-0.25, -0.2) is 27.3 Å². The van der Waals surface area contributed by atoms with Crippen molar-refractivity contribution in [1.82, 2.24) is 15.6 Å². The summed E-state index contributed by atoms with van der Waals surface area (Å²) in [6, 6.07) is 11.9. The molecule has 0 spiro atoms. The first-order valence-corrected chi connectivity index (χ1v) is 20.1. The average molecular weight is 763 g/mol. The molecule has 1 atom stereocenters. The highest BCUT2D eigenvalue weighted by atomic mass is 32.2. The first-order valence-electron chi connectivity index (χ1n) is 18.7. The Morgan fingerprint density at radius 1 is 1.00 bits per heavy atom. The molecule has 0 aliphatic carbocycles. The second kappa shape index (κ2) is 16.4.